The molecule has 3 amide bonds. The topological polar surface area (TPSA) is 208 Å². The summed E-state index contributed by atoms with van der Waals surface area (Å²) in [7, 11) is 0. The lowest BCUT2D eigenvalue weighted by molar-refractivity contribution is -0.144. The van der Waals surface area contributed by atoms with Gasteiger partial charge in [0.2, 0.25) is 17.7 Å². The third kappa shape index (κ3) is 8.46. The molecule has 0 aliphatic rings. The number of carboxylic acids is 2. The Kier molecular flexibility index (Phi) is 9.96. The van der Waals surface area contributed by atoms with Crippen molar-refractivity contribution in [3.63, 3.8) is 0 Å². The summed E-state index contributed by atoms with van der Waals surface area (Å²) in [5.41, 5.74) is 5.30. The molecule has 0 fully saturated rings. The van der Waals surface area contributed by atoms with Crippen molar-refractivity contribution in [2.75, 3.05) is 6.61 Å². The Balaban J connectivity index is 5.11. The Morgan fingerprint density at radius 1 is 0.889 bits per heavy atom. The molecule has 0 aliphatic heterocycles. The smallest absolute Gasteiger partial charge is 0.326 e. The van der Waals surface area contributed by atoms with Crippen molar-refractivity contribution < 1.29 is 39.3 Å². The summed E-state index contributed by atoms with van der Waals surface area (Å²) >= 11 is 0. The van der Waals surface area contributed by atoms with Gasteiger partial charge < -0.3 is 37.0 Å². The summed E-state index contributed by atoms with van der Waals surface area (Å²) in [4.78, 5) is 58.1. The van der Waals surface area contributed by atoms with Gasteiger partial charge in [0.15, 0.2) is 0 Å². The molecule has 0 aromatic rings. The number of hydrogen-bond acceptors (Lipinski definition) is 7. The fourth-order valence-corrected chi connectivity index (χ4v) is 1.92. The number of nitrogens with two attached hydrogens (primary N) is 1. The highest BCUT2D eigenvalue weighted by atomic mass is 16.4. The zero-order chi connectivity index (χ0) is 21.3. The Bertz CT molecular complexity index is 580. The Labute approximate surface area is 155 Å². The molecule has 0 aromatic carbocycles. The first-order chi connectivity index (χ1) is 12.4. The maximum absolute atomic E-state index is 12.2. The molecular formula is C15H26N4O8. The van der Waals surface area contributed by atoms with Gasteiger partial charge in [-0.05, 0) is 12.8 Å². The molecule has 4 unspecified atom stereocenters. The largest absolute Gasteiger partial charge is 0.481 e. The minimum absolute atomic E-state index is 0.481. The Morgan fingerprint density at radius 2 is 1.44 bits per heavy atom. The van der Waals surface area contributed by atoms with Crippen molar-refractivity contribution >= 4 is 29.7 Å². The highest BCUT2D eigenvalue weighted by molar-refractivity contribution is 5.95. The second-order valence-electron chi connectivity index (χ2n) is 6.25. The van der Waals surface area contributed by atoms with E-state index in [4.69, 9.17) is 21.1 Å². The predicted molar refractivity (Wildman–Crippen MR) is 91.3 cm³/mol. The van der Waals surface area contributed by atoms with Gasteiger partial charge in [0.05, 0.1) is 13.0 Å². The summed E-state index contributed by atoms with van der Waals surface area (Å²) in [5.74, 6) is -5.87. The summed E-state index contributed by atoms with van der Waals surface area (Å²) in [5, 5.41) is 33.3. The number of hydrogen-bond donors (Lipinski definition) is 7. The fraction of sp³-hybridized carbons (Fsp3) is 0.667. The zero-order valence-corrected chi connectivity index (χ0v) is 15.3. The predicted octanol–water partition coefficient (Wildman–Crippen LogP) is -3.00. The molecule has 8 N–H and O–H groups in total. The van der Waals surface area contributed by atoms with Gasteiger partial charge in [0.1, 0.15) is 24.2 Å². The van der Waals surface area contributed by atoms with Crippen LogP contribution in [0.5, 0.6) is 0 Å². The van der Waals surface area contributed by atoms with Crippen LogP contribution in [0.1, 0.15) is 27.2 Å². The van der Waals surface area contributed by atoms with E-state index in [0.717, 1.165) is 0 Å². The van der Waals surface area contributed by atoms with Crippen LogP contribution in [0, 0.1) is 5.92 Å². The number of amides is 3. The molecule has 0 bridgehead atoms. The molecule has 12 nitrogen and oxygen atoms in total. The number of nitrogens with one attached hydrogen (secondary N) is 3. The monoisotopic (exact) mass is 390 g/mol. The van der Waals surface area contributed by atoms with Crippen LogP contribution in [0.4, 0.5) is 0 Å². The van der Waals surface area contributed by atoms with Crippen molar-refractivity contribution in [1.82, 2.24) is 16.0 Å². The maximum Gasteiger partial charge on any atom is 0.326 e. The Morgan fingerprint density at radius 3 is 1.85 bits per heavy atom. The van der Waals surface area contributed by atoms with Gasteiger partial charge in [0.25, 0.3) is 0 Å². The third-order valence-corrected chi connectivity index (χ3v) is 3.53. The van der Waals surface area contributed by atoms with Gasteiger partial charge in [0, 0.05) is 0 Å². The van der Waals surface area contributed by atoms with Crippen LogP contribution >= 0.6 is 0 Å². The fourth-order valence-electron chi connectivity index (χ4n) is 1.92. The lowest BCUT2D eigenvalue weighted by Crippen LogP contribution is -2.57. The summed E-state index contributed by atoms with van der Waals surface area (Å²) < 4.78 is 0. The van der Waals surface area contributed by atoms with Crippen LogP contribution in [0.25, 0.3) is 0 Å². The average Bonchev–Trinajstić information content (AvgIpc) is 2.56. The SMILES string of the molecule is CC(NC(=O)C(N)CO)C(=O)NC(CC(=O)O)C(=O)NC(C(=O)O)C(C)C. The normalized spacial score (nSPS) is 15.2. The standard InChI is InChI=1S/C15H26N4O8/c1-6(2)11(15(26)27)19-14(25)9(4-10(21)22)18-12(23)7(3)17-13(24)8(16)5-20/h6-9,11,20H,4-5,16H2,1-3H3,(H,17,24)(H,18,23)(H,19,25)(H,21,22)(H,26,27). The summed E-state index contributed by atoms with van der Waals surface area (Å²) in [6.45, 7) is 3.72. The highest BCUT2D eigenvalue weighted by Crippen LogP contribution is 2.04. The second-order valence-corrected chi connectivity index (χ2v) is 6.25. The van der Waals surface area contributed by atoms with Crippen LogP contribution in [0.3, 0.4) is 0 Å². The maximum atomic E-state index is 12.2. The number of aliphatic hydroxyl groups is 1. The first-order valence-electron chi connectivity index (χ1n) is 8.12. The van der Waals surface area contributed by atoms with E-state index in [2.05, 4.69) is 16.0 Å². The molecule has 12 heteroatoms. The first kappa shape index (κ1) is 24.3. The van der Waals surface area contributed by atoms with E-state index in [0.29, 0.717) is 0 Å². The van der Waals surface area contributed by atoms with E-state index in [-0.39, 0.29) is 0 Å². The molecule has 0 rings (SSSR count). The minimum Gasteiger partial charge on any atom is -0.481 e. The number of aliphatic hydroxyl groups excluding tert-OH is 1. The van der Waals surface area contributed by atoms with Crippen LogP contribution in [-0.4, -0.2) is 75.8 Å². The van der Waals surface area contributed by atoms with E-state index in [1.807, 2.05) is 0 Å². The van der Waals surface area contributed by atoms with Crippen LogP contribution in [0.2, 0.25) is 0 Å². The third-order valence-electron chi connectivity index (χ3n) is 3.53. The number of carboxylic acid groups (broad SMARTS) is 2. The minimum atomic E-state index is -1.55. The van der Waals surface area contributed by atoms with E-state index >= 15 is 0 Å². The quantitative estimate of drug-likeness (QED) is 0.191. The molecule has 0 heterocycles. The van der Waals surface area contributed by atoms with Gasteiger partial charge in [-0.15, -0.1) is 0 Å². The molecule has 4 atom stereocenters. The van der Waals surface area contributed by atoms with Crippen molar-refractivity contribution in [3.8, 4) is 0 Å². The van der Waals surface area contributed by atoms with Crippen molar-refractivity contribution in [2.45, 2.75) is 51.4 Å². The molecule has 154 valence electrons. The van der Waals surface area contributed by atoms with Gasteiger partial charge in [-0.1, -0.05) is 13.8 Å². The molecule has 0 spiro atoms. The van der Waals surface area contributed by atoms with E-state index in [9.17, 15) is 24.0 Å². The van der Waals surface area contributed by atoms with Crippen molar-refractivity contribution in [2.24, 2.45) is 11.7 Å². The van der Waals surface area contributed by atoms with Gasteiger partial charge in [-0.2, -0.15) is 0 Å². The Hall–Kier alpha value is -2.73. The first-order valence-corrected chi connectivity index (χ1v) is 8.12. The molecular weight excluding hydrogens is 364 g/mol. The summed E-state index contributed by atoms with van der Waals surface area (Å²) in [6, 6.07) is -5.26. The molecule has 0 radical (unpaired) electrons. The van der Waals surface area contributed by atoms with E-state index in [1.54, 1.807) is 13.8 Å². The van der Waals surface area contributed by atoms with Crippen LogP contribution in [-0.2, 0) is 24.0 Å². The van der Waals surface area contributed by atoms with Crippen molar-refractivity contribution in [3.05, 3.63) is 0 Å². The van der Waals surface area contributed by atoms with E-state index in [1.165, 1.54) is 6.92 Å². The molecule has 27 heavy (non-hydrogen) atoms. The molecule has 0 saturated heterocycles. The number of rotatable bonds is 11. The van der Waals surface area contributed by atoms with Crippen LogP contribution in [0.15, 0.2) is 0 Å². The molecule has 0 saturated carbocycles. The van der Waals surface area contributed by atoms with Gasteiger partial charge >= 0.3 is 11.9 Å². The average molecular weight is 390 g/mol. The second kappa shape index (κ2) is 11.1. The number of aliphatic carboxylic acids is 2. The lowest BCUT2D eigenvalue weighted by Gasteiger charge is -2.24. The zero-order valence-electron chi connectivity index (χ0n) is 15.3. The van der Waals surface area contributed by atoms with Gasteiger partial charge in [-0.25, -0.2) is 4.79 Å². The highest BCUT2D eigenvalue weighted by Gasteiger charge is 2.31. The van der Waals surface area contributed by atoms with Gasteiger partial charge in [-0.3, -0.25) is 19.2 Å². The van der Waals surface area contributed by atoms with Crippen LogP contribution < -0.4 is 21.7 Å². The van der Waals surface area contributed by atoms with E-state index < -0.39 is 72.8 Å². The molecule has 0 aliphatic carbocycles. The van der Waals surface area contributed by atoms with Crippen molar-refractivity contribution in [1.29, 1.82) is 0 Å². The molecule has 0 aromatic heterocycles. The summed E-state index contributed by atoms with van der Waals surface area (Å²) in [6.07, 6.45) is -0.793. The lowest BCUT2D eigenvalue weighted by atomic mass is 10.0. The number of carbonyl (C=O) groups is 5. The number of carbonyl (C=O) groups excluding carboxylic acids is 3.